The summed E-state index contributed by atoms with van der Waals surface area (Å²) in [6.45, 7) is 2.66. The molecule has 0 radical (unpaired) electrons. The average Bonchev–Trinajstić information content (AvgIpc) is 3.37. The van der Waals surface area contributed by atoms with Crippen LogP contribution in [0.15, 0.2) is 60.9 Å². The summed E-state index contributed by atoms with van der Waals surface area (Å²) < 4.78 is 18.0. The van der Waals surface area contributed by atoms with Crippen LogP contribution in [0.5, 0.6) is 17.2 Å². The number of amides is 1. The summed E-state index contributed by atoms with van der Waals surface area (Å²) in [5, 5.41) is 0. The van der Waals surface area contributed by atoms with E-state index in [2.05, 4.69) is 9.88 Å². The number of aromatic nitrogens is 2. The van der Waals surface area contributed by atoms with Crippen molar-refractivity contribution >= 4 is 17.9 Å². The Balaban J connectivity index is 1.39. The minimum Gasteiger partial charge on any atom is -0.497 e. The summed E-state index contributed by atoms with van der Waals surface area (Å²) in [5.74, 6) is 2.93. The lowest BCUT2D eigenvalue weighted by Gasteiger charge is -2.35. The van der Waals surface area contributed by atoms with Gasteiger partial charge in [-0.3, -0.25) is 9.36 Å². The standard InChI is InChI=1S/C25H28N4O4/c1-31-21-6-4-5-20(18-21)29-12-11-26-25(29)28-15-13-27(14-16-28)24(30)10-8-19-7-9-22(32-2)23(17-19)33-3/h4-12,17-18H,13-16H2,1-3H3/b10-8-. The van der Waals surface area contributed by atoms with Crippen molar-refractivity contribution in [3.8, 4) is 22.9 Å². The monoisotopic (exact) mass is 448 g/mol. The van der Waals surface area contributed by atoms with Gasteiger partial charge in [-0.15, -0.1) is 0 Å². The van der Waals surface area contributed by atoms with E-state index >= 15 is 0 Å². The van der Waals surface area contributed by atoms with Gasteiger partial charge in [-0.05, 0) is 35.9 Å². The van der Waals surface area contributed by atoms with Crippen LogP contribution in [0.25, 0.3) is 11.8 Å². The zero-order valence-corrected chi connectivity index (χ0v) is 19.1. The van der Waals surface area contributed by atoms with E-state index in [0.29, 0.717) is 37.7 Å². The molecule has 1 aliphatic rings. The lowest BCUT2D eigenvalue weighted by molar-refractivity contribution is -0.126. The second-order valence-corrected chi connectivity index (χ2v) is 7.56. The van der Waals surface area contributed by atoms with Gasteiger partial charge in [0.05, 0.1) is 27.0 Å². The Morgan fingerprint density at radius 3 is 2.45 bits per heavy atom. The number of imidazole rings is 1. The number of piperazine rings is 1. The number of nitrogens with zero attached hydrogens (tertiary/aromatic N) is 4. The van der Waals surface area contributed by atoms with Gasteiger partial charge in [0.2, 0.25) is 11.9 Å². The van der Waals surface area contributed by atoms with Crippen LogP contribution in [0.3, 0.4) is 0 Å². The van der Waals surface area contributed by atoms with Gasteiger partial charge >= 0.3 is 0 Å². The Labute approximate surface area is 193 Å². The number of methoxy groups -OCH3 is 3. The summed E-state index contributed by atoms with van der Waals surface area (Å²) in [5.41, 5.74) is 1.86. The smallest absolute Gasteiger partial charge is 0.246 e. The first-order chi connectivity index (χ1) is 16.1. The first-order valence-corrected chi connectivity index (χ1v) is 10.7. The second kappa shape index (κ2) is 10.1. The van der Waals surface area contributed by atoms with Crippen LogP contribution in [-0.2, 0) is 4.79 Å². The molecule has 0 saturated carbocycles. The van der Waals surface area contributed by atoms with Crippen LogP contribution in [0.2, 0.25) is 0 Å². The number of hydrogen-bond acceptors (Lipinski definition) is 6. The minimum atomic E-state index is -0.0134. The third kappa shape index (κ3) is 4.95. The quantitative estimate of drug-likeness (QED) is 0.517. The van der Waals surface area contributed by atoms with E-state index < -0.39 is 0 Å². The van der Waals surface area contributed by atoms with E-state index in [1.165, 1.54) is 0 Å². The minimum absolute atomic E-state index is 0.0134. The van der Waals surface area contributed by atoms with Gasteiger partial charge in [-0.2, -0.15) is 0 Å². The van der Waals surface area contributed by atoms with Gasteiger partial charge in [-0.25, -0.2) is 4.98 Å². The van der Waals surface area contributed by atoms with Crippen LogP contribution >= 0.6 is 0 Å². The highest BCUT2D eigenvalue weighted by atomic mass is 16.5. The molecule has 2 heterocycles. The molecule has 0 N–H and O–H groups in total. The van der Waals surface area contributed by atoms with Crippen molar-refractivity contribution in [2.75, 3.05) is 52.4 Å². The van der Waals surface area contributed by atoms with Gasteiger partial charge in [0, 0.05) is 50.7 Å². The van der Waals surface area contributed by atoms with Gasteiger partial charge in [-0.1, -0.05) is 12.1 Å². The van der Waals surface area contributed by atoms with Crippen molar-refractivity contribution in [2.45, 2.75) is 0 Å². The van der Waals surface area contributed by atoms with E-state index in [4.69, 9.17) is 14.2 Å². The number of hydrogen-bond donors (Lipinski definition) is 0. The number of benzene rings is 2. The molecular formula is C25H28N4O4. The van der Waals surface area contributed by atoms with Gasteiger partial charge in [0.25, 0.3) is 0 Å². The van der Waals surface area contributed by atoms with Crippen molar-refractivity contribution < 1.29 is 19.0 Å². The number of carbonyl (C=O) groups excluding carboxylic acids is 1. The molecule has 8 heteroatoms. The maximum atomic E-state index is 12.7. The van der Waals surface area contributed by atoms with Gasteiger partial charge < -0.3 is 24.0 Å². The van der Waals surface area contributed by atoms with E-state index in [-0.39, 0.29) is 5.91 Å². The highest BCUT2D eigenvalue weighted by Crippen LogP contribution is 2.28. The summed E-state index contributed by atoms with van der Waals surface area (Å²) in [6.07, 6.45) is 7.13. The fourth-order valence-electron chi connectivity index (χ4n) is 3.85. The Hall–Kier alpha value is -3.94. The molecule has 172 valence electrons. The first-order valence-electron chi connectivity index (χ1n) is 10.7. The second-order valence-electron chi connectivity index (χ2n) is 7.56. The zero-order chi connectivity index (χ0) is 23.2. The summed E-state index contributed by atoms with van der Waals surface area (Å²) in [4.78, 5) is 21.3. The highest BCUT2D eigenvalue weighted by Gasteiger charge is 2.23. The van der Waals surface area contributed by atoms with E-state index in [1.54, 1.807) is 39.7 Å². The normalized spacial score (nSPS) is 13.9. The van der Waals surface area contributed by atoms with Crippen molar-refractivity contribution in [1.82, 2.24) is 14.5 Å². The van der Waals surface area contributed by atoms with Crippen molar-refractivity contribution in [3.05, 3.63) is 66.5 Å². The summed E-state index contributed by atoms with van der Waals surface area (Å²) in [7, 11) is 4.85. The number of rotatable bonds is 7. The molecule has 0 aliphatic carbocycles. The molecule has 4 rings (SSSR count). The van der Waals surface area contributed by atoms with E-state index in [0.717, 1.165) is 22.9 Å². The third-order valence-corrected chi connectivity index (χ3v) is 5.65. The number of anilines is 1. The molecule has 33 heavy (non-hydrogen) atoms. The lowest BCUT2D eigenvalue weighted by Crippen LogP contribution is -2.49. The third-order valence-electron chi connectivity index (χ3n) is 5.65. The average molecular weight is 449 g/mol. The molecule has 1 aromatic heterocycles. The number of ether oxygens (including phenoxy) is 3. The SMILES string of the molecule is COc1cccc(-n2ccnc2N2CCN(C(=O)/C=C\c3ccc(OC)c(OC)c3)CC2)c1. The van der Waals surface area contributed by atoms with Crippen LogP contribution < -0.4 is 19.1 Å². The number of carbonyl (C=O) groups is 1. The first kappa shape index (κ1) is 22.3. The van der Waals surface area contributed by atoms with Crippen LogP contribution in [-0.4, -0.2) is 67.9 Å². The predicted octanol–water partition coefficient (Wildman–Crippen LogP) is 3.26. The van der Waals surface area contributed by atoms with Gasteiger partial charge in [0.15, 0.2) is 11.5 Å². The summed E-state index contributed by atoms with van der Waals surface area (Å²) >= 11 is 0. The molecule has 1 aliphatic heterocycles. The molecule has 0 spiro atoms. The Morgan fingerprint density at radius 1 is 0.939 bits per heavy atom. The predicted molar refractivity (Wildman–Crippen MR) is 127 cm³/mol. The molecule has 0 atom stereocenters. The van der Waals surface area contributed by atoms with Crippen LogP contribution in [0.4, 0.5) is 5.95 Å². The van der Waals surface area contributed by atoms with Gasteiger partial charge in [0.1, 0.15) is 5.75 Å². The lowest BCUT2D eigenvalue weighted by atomic mass is 10.2. The van der Waals surface area contributed by atoms with E-state index in [1.807, 2.05) is 58.1 Å². The zero-order valence-electron chi connectivity index (χ0n) is 19.1. The molecule has 1 amide bonds. The molecule has 1 saturated heterocycles. The molecule has 8 nitrogen and oxygen atoms in total. The van der Waals surface area contributed by atoms with Crippen molar-refractivity contribution in [2.24, 2.45) is 0 Å². The fourth-order valence-corrected chi connectivity index (χ4v) is 3.85. The molecule has 0 unspecified atom stereocenters. The van der Waals surface area contributed by atoms with Crippen LogP contribution in [0.1, 0.15) is 5.56 Å². The molecule has 2 aromatic carbocycles. The largest absolute Gasteiger partial charge is 0.497 e. The topological polar surface area (TPSA) is 69.1 Å². The van der Waals surface area contributed by atoms with E-state index in [9.17, 15) is 4.79 Å². The maximum Gasteiger partial charge on any atom is 0.246 e. The van der Waals surface area contributed by atoms with Crippen molar-refractivity contribution in [3.63, 3.8) is 0 Å². The molecule has 1 fully saturated rings. The molecular weight excluding hydrogens is 420 g/mol. The van der Waals surface area contributed by atoms with Crippen LogP contribution in [0, 0.1) is 0 Å². The maximum absolute atomic E-state index is 12.7. The van der Waals surface area contributed by atoms with Crippen molar-refractivity contribution in [1.29, 1.82) is 0 Å². The molecule has 0 bridgehead atoms. The fraction of sp³-hybridized carbons (Fsp3) is 0.280. The highest BCUT2D eigenvalue weighted by molar-refractivity contribution is 5.92. The molecule has 3 aromatic rings. The Bertz CT molecular complexity index is 1130. The Morgan fingerprint density at radius 2 is 1.73 bits per heavy atom. The Kier molecular flexibility index (Phi) is 6.83. The summed E-state index contributed by atoms with van der Waals surface area (Å²) in [6, 6.07) is 13.4.